The zero-order valence-corrected chi connectivity index (χ0v) is 16.1. The van der Waals surface area contributed by atoms with Gasteiger partial charge in [-0.2, -0.15) is 5.10 Å². The lowest BCUT2D eigenvalue weighted by atomic mass is 10.2. The van der Waals surface area contributed by atoms with Crippen LogP contribution in [0.25, 0.3) is 0 Å². The third kappa shape index (κ3) is 4.93. The highest BCUT2D eigenvalue weighted by molar-refractivity contribution is 7.92. The number of nitrogens with one attached hydrogen (secondary N) is 2. The molecule has 3 rings (SSSR count). The molecule has 1 aromatic heterocycles. The zero-order chi connectivity index (χ0) is 20.9. The van der Waals surface area contributed by atoms with E-state index in [1.54, 1.807) is 61.7 Å². The Hall–Kier alpha value is -3.79. The largest absolute Gasteiger partial charge is 0.295 e. The van der Waals surface area contributed by atoms with Gasteiger partial charge in [0.05, 0.1) is 21.2 Å². The summed E-state index contributed by atoms with van der Waals surface area (Å²) in [7, 11) is -3.99. The molecule has 3 aromatic rings. The van der Waals surface area contributed by atoms with Crippen LogP contribution in [0, 0.1) is 10.1 Å². The fourth-order valence-electron chi connectivity index (χ4n) is 2.42. The highest BCUT2D eigenvalue weighted by atomic mass is 32.2. The standard InChI is InChI=1S/C19H17N5O4S/c1-14(17-9-5-6-12-20-17)21-22-18-11-10-16(13-19(18)24(25)26)29(27,28)23-15-7-3-2-4-8-15/h2-13,22-23H,1H3. The second kappa shape index (κ2) is 8.48. The molecule has 0 saturated carbocycles. The highest BCUT2D eigenvalue weighted by Crippen LogP contribution is 2.28. The van der Waals surface area contributed by atoms with Crippen LogP contribution >= 0.6 is 0 Å². The number of pyridine rings is 1. The number of nitro benzene ring substituents is 1. The maximum atomic E-state index is 12.5. The Kier molecular flexibility index (Phi) is 5.84. The molecule has 0 aliphatic carbocycles. The van der Waals surface area contributed by atoms with Crippen LogP contribution in [0.2, 0.25) is 0 Å². The summed E-state index contributed by atoms with van der Waals surface area (Å²) in [5.74, 6) is 0. The monoisotopic (exact) mass is 411 g/mol. The second-order valence-electron chi connectivity index (χ2n) is 5.93. The zero-order valence-electron chi connectivity index (χ0n) is 15.3. The van der Waals surface area contributed by atoms with E-state index < -0.39 is 20.6 Å². The molecule has 1 heterocycles. The molecule has 148 valence electrons. The van der Waals surface area contributed by atoms with Crippen molar-refractivity contribution in [2.24, 2.45) is 5.10 Å². The number of nitrogens with zero attached hydrogens (tertiary/aromatic N) is 3. The average Bonchev–Trinajstić information content (AvgIpc) is 2.72. The van der Waals surface area contributed by atoms with Crippen LogP contribution in [-0.2, 0) is 10.0 Å². The second-order valence-corrected chi connectivity index (χ2v) is 7.61. The van der Waals surface area contributed by atoms with Crippen molar-refractivity contribution < 1.29 is 13.3 Å². The lowest BCUT2D eigenvalue weighted by molar-refractivity contribution is -0.384. The van der Waals surface area contributed by atoms with Crippen LogP contribution in [0.5, 0.6) is 0 Å². The van der Waals surface area contributed by atoms with Crippen molar-refractivity contribution in [3.63, 3.8) is 0 Å². The number of anilines is 2. The molecule has 0 aliphatic rings. The first-order chi connectivity index (χ1) is 13.9. The van der Waals surface area contributed by atoms with E-state index in [0.717, 1.165) is 6.07 Å². The number of nitro groups is 1. The predicted octanol–water partition coefficient (Wildman–Crippen LogP) is 3.63. The Balaban J connectivity index is 1.88. The predicted molar refractivity (Wildman–Crippen MR) is 110 cm³/mol. The third-order valence-electron chi connectivity index (χ3n) is 3.88. The topological polar surface area (TPSA) is 127 Å². The SMILES string of the molecule is CC(=NNc1ccc(S(=O)(=O)Nc2ccccc2)cc1[N+](=O)[O-])c1ccccn1. The van der Waals surface area contributed by atoms with Gasteiger partial charge < -0.3 is 0 Å². The quantitative estimate of drug-likeness (QED) is 0.347. The van der Waals surface area contributed by atoms with Gasteiger partial charge in [0.25, 0.3) is 15.7 Å². The normalized spacial score (nSPS) is 11.7. The summed E-state index contributed by atoms with van der Waals surface area (Å²) in [5, 5.41) is 15.6. The summed E-state index contributed by atoms with van der Waals surface area (Å²) < 4.78 is 27.5. The fourth-order valence-corrected chi connectivity index (χ4v) is 3.50. The molecule has 2 aromatic carbocycles. The fraction of sp³-hybridized carbons (Fsp3) is 0.0526. The number of rotatable bonds is 7. The van der Waals surface area contributed by atoms with Crippen LogP contribution in [0.4, 0.5) is 17.1 Å². The van der Waals surface area contributed by atoms with Crippen molar-refractivity contribution >= 4 is 32.8 Å². The van der Waals surface area contributed by atoms with E-state index in [2.05, 4.69) is 20.2 Å². The maximum Gasteiger partial charge on any atom is 0.295 e. The van der Waals surface area contributed by atoms with Crippen LogP contribution in [0.3, 0.4) is 0 Å². The molecule has 0 radical (unpaired) electrons. The summed E-state index contributed by atoms with van der Waals surface area (Å²) in [4.78, 5) is 14.7. The minimum atomic E-state index is -3.99. The van der Waals surface area contributed by atoms with Crippen molar-refractivity contribution in [2.75, 3.05) is 10.1 Å². The van der Waals surface area contributed by atoms with E-state index >= 15 is 0 Å². The third-order valence-corrected chi connectivity index (χ3v) is 5.26. The van der Waals surface area contributed by atoms with Gasteiger partial charge in [0.1, 0.15) is 5.69 Å². The van der Waals surface area contributed by atoms with E-state index in [4.69, 9.17) is 0 Å². The minimum absolute atomic E-state index is 0.0592. The van der Waals surface area contributed by atoms with E-state index in [0.29, 0.717) is 17.1 Å². The number of hydrogen-bond donors (Lipinski definition) is 2. The summed E-state index contributed by atoms with van der Waals surface area (Å²) in [6, 6.07) is 17.1. The van der Waals surface area contributed by atoms with Crippen LogP contribution in [0.15, 0.2) is 82.9 Å². The molecule has 2 N–H and O–H groups in total. The highest BCUT2D eigenvalue weighted by Gasteiger charge is 2.21. The number of benzene rings is 2. The van der Waals surface area contributed by atoms with Gasteiger partial charge >= 0.3 is 0 Å². The van der Waals surface area contributed by atoms with Gasteiger partial charge in [0.2, 0.25) is 0 Å². The Morgan fingerprint density at radius 1 is 1.07 bits per heavy atom. The first kappa shape index (κ1) is 20.0. The van der Waals surface area contributed by atoms with E-state index in [1.807, 2.05) is 0 Å². The molecule has 0 amide bonds. The summed E-state index contributed by atoms with van der Waals surface area (Å²) >= 11 is 0. The molecule has 0 aliphatic heterocycles. The molecule has 0 saturated heterocycles. The molecule has 0 fully saturated rings. The van der Waals surface area contributed by atoms with Gasteiger partial charge in [0, 0.05) is 18.0 Å². The molecule has 0 bridgehead atoms. The minimum Gasteiger partial charge on any atom is -0.280 e. The van der Waals surface area contributed by atoms with Crippen molar-refractivity contribution in [3.05, 3.63) is 88.7 Å². The Morgan fingerprint density at radius 3 is 2.45 bits per heavy atom. The molecule has 10 heteroatoms. The van der Waals surface area contributed by atoms with Crippen LogP contribution < -0.4 is 10.1 Å². The van der Waals surface area contributed by atoms with Gasteiger partial charge in [-0.05, 0) is 43.3 Å². The molecule has 9 nitrogen and oxygen atoms in total. The molecular formula is C19H17N5O4S. The Labute approximate surface area is 167 Å². The van der Waals surface area contributed by atoms with Crippen molar-refractivity contribution in [1.82, 2.24) is 4.98 Å². The van der Waals surface area contributed by atoms with Gasteiger partial charge in [-0.3, -0.25) is 25.2 Å². The number of aromatic nitrogens is 1. The van der Waals surface area contributed by atoms with E-state index in [1.165, 1.54) is 12.1 Å². The Morgan fingerprint density at radius 2 is 1.79 bits per heavy atom. The van der Waals surface area contributed by atoms with E-state index in [-0.39, 0.29) is 10.6 Å². The number of para-hydroxylation sites is 1. The van der Waals surface area contributed by atoms with Crippen molar-refractivity contribution in [2.45, 2.75) is 11.8 Å². The average molecular weight is 411 g/mol. The molecule has 0 atom stereocenters. The molecule has 29 heavy (non-hydrogen) atoms. The smallest absolute Gasteiger partial charge is 0.280 e. The van der Waals surface area contributed by atoms with Gasteiger partial charge in [-0.15, -0.1) is 0 Å². The number of hydrogen-bond acceptors (Lipinski definition) is 7. The lowest BCUT2D eigenvalue weighted by Crippen LogP contribution is -2.13. The number of sulfonamides is 1. The summed E-state index contributed by atoms with van der Waals surface area (Å²) in [5.41, 5.74) is 3.73. The maximum absolute atomic E-state index is 12.5. The van der Waals surface area contributed by atoms with Crippen molar-refractivity contribution in [3.8, 4) is 0 Å². The molecule has 0 spiro atoms. The lowest BCUT2D eigenvalue weighted by Gasteiger charge is -2.09. The van der Waals surface area contributed by atoms with Crippen LogP contribution in [0.1, 0.15) is 12.6 Å². The van der Waals surface area contributed by atoms with Gasteiger partial charge in [0.15, 0.2) is 0 Å². The number of hydrazone groups is 1. The summed E-state index contributed by atoms with van der Waals surface area (Å²) in [6.07, 6.45) is 1.61. The first-order valence-corrected chi connectivity index (χ1v) is 9.93. The molecular weight excluding hydrogens is 394 g/mol. The van der Waals surface area contributed by atoms with Gasteiger partial charge in [-0.25, -0.2) is 8.42 Å². The van der Waals surface area contributed by atoms with E-state index in [9.17, 15) is 18.5 Å². The van der Waals surface area contributed by atoms with Crippen LogP contribution in [-0.4, -0.2) is 24.0 Å². The Bertz CT molecular complexity index is 1150. The molecule has 0 unspecified atom stereocenters. The van der Waals surface area contributed by atoms with Crippen molar-refractivity contribution in [1.29, 1.82) is 0 Å². The summed E-state index contributed by atoms with van der Waals surface area (Å²) in [6.45, 7) is 1.70. The first-order valence-electron chi connectivity index (χ1n) is 8.45. The van der Waals surface area contributed by atoms with Gasteiger partial charge in [-0.1, -0.05) is 24.3 Å².